The third-order valence-corrected chi connectivity index (χ3v) is 3.60. The quantitative estimate of drug-likeness (QED) is 0.782. The second-order valence-corrected chi connectivity index (χ2v) is 5.75. The van der Waals surface area contributed by atoms with Crippen molar-refractivity contribution in [1.82, 2.24) is 5.32 Å². The van der Waals surface area contributed by atoms with E-state index in [0.717, 1.165) is 5.56 Å². The van der Waals surface area contributed by atoms with Gasteiger partial charge in [-0.05, 0) is 36.2 Å². The van der Waals surface area contributed by atoms with Crippen molar-refractivity contribution in [2.75, 3.05) is 13.2 Å². The molecule has 0 aliphatic heterocycles. The largest absolute Gasteiger partial charge is 0.491 e. The first-order valence-electron chi connectivity index (χ1n) is 7.92. The zero-order chi connectivity index (χ0) is 17.4. The minimum Gasteiger partial charge on any atom is -0.491 e. The van der Waals surface area contributed by atoms with E-state index < -0.39 is 6.10 Å². The summed E-state index contributed by atoms with van der Waals surface area (Å²) in [7, 11) is 0. The monoisotopic (exact) mass is 331 g/mol. The fourth-order valence-corrected chi connectivity index (χ4v) is 2.24. The molecule has 0 aromatic heterocycles. The lowest BCUT2D eigenvalue weighted by Gasteiger charge is -2.16. The van der Waals surface area contributed by atoms with E-state index in [-0.39, 0.29) is 30.8 Å². The molecule has 0 aliphatic carbocycles. The highest BCUT2D eigenvalue weighted by Gasteiger charge is 2.15. The number of carbonyl (C=O) groups excluding carboxylic acids is 1. The van der Waals surface area contributed by atoms with E-state index in [1.165, 1.54) is 24.3 Å². The molecule has 1 amide bonds. The molecule has 24 heavy (non-hydrogen) atoms. The summed E-state index contributed by atoms with van der Waals surface area (Å²) in [5.41, 5.74) is 1.10. The number of amides is 1. The Hall–Kier alpha value is -2.40. The Balaban J connectivity index is 1.69. The van der Waals surface area contributed by atoms with Crippen molar-refractivity contribution < 1.29 is 19.0 Å². The minimum absolute atomic E-state index is 0.0268. The molecule has 4 nitrogen and oxygen atoms in total. The summed E-state index contributed by atoms with van der Waals surface area (Å²) in [6.07, 6.45) is -0.183. The molecular weight excluding hydrogens is 309 g/mol. The van der Waals surface area contributed by atoms with E-state index in [1.807, 2.05) is 37.3 Å². The minimum atomic E-state index is -0.831. The van der Waals surface area contributed by atoms with Crippen molar-refractivity contribution in [3.05, 3.63) is 66.0 Å². The fourth-order valence-electron chi connectivity index (χ4n) is 2.24. The van der Waals surface area contributed by atoms with Crippen LogP contribution in [0.4, 0.5) is 4.39 Å². The Morgan fingerprint density at radius 2 is 1.83 bits per heavy atom. The lowest BCUT2D eigenvalue weighted by Crippen LogP contribution is -2.38. The first-order chi connectivity index (χ1) is 11.5. The highest BCUT2D eigenvalue weighted by atomic mass is 19.1. The van der Waals surface area contributed by atoms with Gasteiger partial charge in [0.25, 0.3) is 0 Å². The van der Waals surface area contributed by atoms with Crippen LogP contribution in [0.15, 0.2) is 54.6 Å². The lowest BCUT2D eigenvalue weighted by atomic mass is 10.0. The molecule has 0 radical (unpaired) electrons. The Kier molecular flexibility index (Phi) is 6.75. The molecule has 0 saturated carbocycles. The predicted octanol–water partition coefficient (Wildman–Crippen LogP) is 2.56. The molecule has 5 heteroatoms. The van der Waals surface area contributed by atoms with E-state index in [9.17, 15) is 14.3 Å². The molecule has 2 unspecified atom stereocenters. The van der Waals surface area contributed by atoms with E-state index in [1.54, 1.807) is 0 Å². The van der Waals surface area contributed by atoms with Crippen LogP contribution in [0.25, 0.3) is 0 Å². The van der Waals surface area contributed by atoms with Crippen LogP contribution >= 0.6 is 0 Å². The number of carbonyl (C=O) groups is 1. The molecule has 0 fully saturated rings. The molecule has 2 N–H and O–H groups in total. The van der Waals surface area contributed by atoms with Gasteiger partial charge < -0.3 is 15.2 Å². The molecule has 0 heterocycles. The first-order valence-corrected chi connectivity index (χ1v) is 7.92. The topological polar surface area (TPSA) is 58.6 Å². The number of nitrogens with one attached hydrogen (secondary N) is 1. The van der Waals surface area contributed by atoms with Gasteiger partial charge in [-0.2, -0.15) is 0 Å². The molecular formula is C19H22FNO3. The second-order valence-electron chi connectivity index (χ2n) is 5.75. The predicted molar refractivity (Wildman–Crippen MR) is 90.2 cm³/mol. The normalized spacial score (nSPS) is 13.1. The Labute approximate surface area is 141 Å². The number of aliphatic hydroxyl groups is 1. The van der Waals surface area contributed by atoms with E-state index >= 15 is 0 Å². The van der Waals surface area contributed by atoms with Gasteiger partial charge in [-0.3, -0.25) is 4.79 Å². The van der Waals surface area contributed by atoms with E-state index in [2.05, 4.69) is 5.32 Å². The van der Waals surface area contributed by atoms with Gasteiger partial charge in [-0.15, -0.1) is 0 Å². The number of benzene rings is 2. The highest BCUT2D eigenvalue weighted by Crippen LogP contribution is 2.11. The fraction of sp³-hybridized carbons (Fsp3) is 0.316. The summed E-state index contributed by atoms with van der Waals surface area (Å²) >= 11 is 0. The third-order valence-electron chi connectivity index (χ3n) is 3.60. The third kappa shape index (κ3) is 6.01. The average molecular weight is 331 g/mol. The maximum Gasteiger partial charge on any atom is 0.223 e. The number of aliphatic hydroxyl groups excluding tert-OH is 1. The van der Waals surface area contributed by atoms with Crippen molar-refractivity contribution >= 4 is 5.91 Å². The van der Waals surface area contributed by atoms with Crippen molar-refractivity contribution in [2.45, 2.75) is 19.4 Å². The molecule has 0 spiro atoms. The van der Waals surface area contributed by atoms with Crippen molar-refractivity contribution in [2.24, 2.45) is 5.92 Å². The molecule has 2 atom stereocenters. The molecule has 0 bridgehead atoms. The zero-order valence-corrected chi connectivity index (χ0v) is 13.6. The van der Waals surface area contributed by atoms with E-state index in [0.29, 0.717) is 12.2 Å². The summed E-state index contributed by atoms with van der Waals surface area (Å²) in [6, 6.07) is 15.3. The number of halogens is 1. The van der Waals surface area contributed by atoms with Crippen LogP contribution in [0.2, 0.25) is 0 Å². The smallest absolute Gasteiger partial charge is 0.223 e. The number of hydrogen-bond donors (Lipinski definition) is 2. The van der Waals surface area contributed by atoms with Gasteiger partial charge in [0.05, 0.1) is 0 Å². The number of hydrogen-bond acceptors (Lipinski definition) is 3. The SMILES string of the molecule is CC(Cc1ccccc1)C(=O)NCC(O)COc1ccc(F)cc1. The standard InChI is InChI=1S/C19H22FNO3/c1-14(11-15-5-3-2-4-6-15)19(23)21-12-17(22)13-24-18-9-7-16(20)8-10-18/h2-10,14,17,22H,11-13H2,1H3,(H,21,23). The molecule has 2 rings (SSSR count). The maximum atomic E-state index is 12.8. The Morgan fingerprint density at radius 1 is 1.17 bits per heavy atom. The van der Waals surface area contributed by atoms with Crippen molar-refractivity contribution in [3.63, 3.8) is 0 Å². The summed E-state index contributed by atoms with van der Waals surface area (Å²) in [5, 5.41) is 12.6. The summed E-state index contributed by atoms with van der Waals surface area (Å²) in [4.78, 5) is 12.1. The lowest BCUT2D eigenvalue weighted by molar-refractivity contribution is -0.125. The van der Waals surface area contributed by atoms with Crippen LogP contribution in [-0.4, -0.2) is 30.3 Å². The molecule has 2 aromatic carbocycles. The number of rotatable bonds is 8. The first kappa shape index (κ1) is 17.9. The van der Waals surface area contributed by atoms with Crippen LogP contribution < -0.4 is 10.1 Å². The van der Waals surface area contributed by atoms with Gasteiger partial charge in [0.15, 0.2) is 0 Å². The van der Waals surface area contributed by atoms with Gasteiger partial charge in [-0.1, -0.05) is 37.3 Å². The molecule has 128 valence electrons. The zero-order valence-electron chi connectivity index (χ0n) is 13.6. The second kappa shape index (κ2) is 9.03. The van der Waals surface area contributed by atoms with Gasteiger partial charge in [0, 0.05) is 12.5 Å². The van der Waals surface area contributed by atoms with Crippen LogP contribution in [0.3, 0.4) is 0 Å². The highest BCUT2D eigenvalue weighted by molar-refractivity contribution is 5.78. The van der Waals surface area contributed by atoms with Crippen molar-refractivity contribution in [3.8, 4) is 5.75 Å². The van der Waals surface area contributed by atoms with Gasteiger partial charge in [0.2, 0.25) is 5.91 Å². The van der Waals surface area contributed by atoms with Crippen LogP contribution in [0, 0.1) is 11.7 Å². The summed E-state index contributed by atoms with van der Waals surface area (Å²) < 4.78 is 18.1. The maximum absolute atomic E-state index is 12.8. The summed E-state index contributed by atoms with van der Waals surface area (Å²) in [5.74, 6) is -0.168. The average Bonchev–Trinajstić information content (AvgIpc) is 2.60. The van der Waals surface area contributed by atoms with Gasteiger partial charge in [-0.25, -0.2) is 4.39 Å². The van der Waals surface area contributed by atoms with Crippen molar-refractivity contribution in [1.29, 1.82) is 0 Å². The Bertz CT molecular complexity index is 631. The number of ether oxygens (including phenoxy) is 1. The molecule has 0 saturated heterocycles. The van der Waals surface area contributed by atoms with Gasteiger partial charge >= 0.3 is 0 Å². The Morgan fingerprint density at radius 3 is 2.50 bits per heavy atom. The molecule has 2 aromatic rings. The van der Waals surface area contributed by atoms with Crippen LogP contribution in [0.5, 0.6) is 5.75 Å². The van der Waals surface area contributed by atoms with E-state index in [4.69, 9.17) is 4.74 Å². The molecule has 0 aliphatic rings. The summed E-state index contributed by atoms with van der Waals surface area (Å²) in [6.45, 7) is 1.99. The van der Waals surface area contributed by atoms with Gasteiger partial charge in [0.1, 0.15) is 24.3 Å². The van der Waals surface area contributed by atoms with Crippen LogP contribution in [-0.2, 0) is 11.2 Å². The van der Waals surface area contributed by atoms with Crippen LogP contribution in [0.1, 0.15) is 12.5 Å².